The largest absolute Gasteiger partial charge is 0.397 e. The number of nitrogens with two attached hydrogens (primary N) is 2. The van der Waals surface area contributed by atoms with Gasteiger partial charge in [-0.05, 0) is 60.7 Å². The average molecular weight is 565 g/mol. The summed E-state index contributed by atoms with van der Waals surface area (Å²) in [6, 6.07) is 11.8. The molecular weight excluding hydrogens is 524 g/mol. The third kappa shape index (κ3) is 7.97. The molecule has 5 rings (SSSR count). The molecule has 10 heteroatoms. The smallest absolute Gasteiger partial charge is 0.243 e. The standard InChI is InChI=1S/C32H40N10/c1-39-17-19-41(23-39)15-3-13-35-25-5-9-27(10-6-25)37-31-22-32(30(34)21-29(31)33)38-28-11-7-26(8-12-28)36-14-4-16-42-20-18-40(2)24-42/h5-12,17-24,35,37H,3-4,13-16,33-34H2,1-2H3/q+2. The fourth-order valence-electron chi connectivity index (χ4n) is 4.65. The number of aromatic nitrogens is 4. The second-order valence-corrected chi connectivity index (χ2v) is 10.5. The lowest BCUT2D eigenvalue weighted by atomic mass is 10.1. The van der Waals surface area contributed by atoms with Gasteiger partial charge in [-0.1, -0.05) is 0 Å². The third-order valence-corrected chi connectivity index (χ3v) is 6.90. The highest BCUT2D eigenvalue weighted by Gasteiger charge is 2.08. The number of rotatable bonds is 12. The molecule has 0 fully saturated rings. The van der Waals surface area contributed by atoms with Crippen LogP contribution in [0.4, 0.5) is 34.1 Å². The van der Waals surface area contributed by atoms with Gasteiger partial charge in [0.2, 0.25) is 12.7 Å². The van der Waals surface area contributed by atoms with Crippen LogP contribution in [0.2, 0.25) is 0 Å². The summed E-state index contributed by atoms with van der Waals surface area (Å²) in [5.41, 5.74) is 18.8. The maximum atomic E-state index is 6.29. The van der Waals surface area contributed by atoms with Crippen molar-refractivity contribution in [3.05, 3.63) is 98.1 Å². The molecule has 10 nitrogen and oxygen atoms in total. The summed E-state index contributed by atoms with van der Waals surface area (Å²) < 4.78 is 8.44. The van der Waals surface area contributed by atoms with Gasteiger partial charge in [-0.25, -0.2) is 23.3 Å². The van der Waals surface area contributed by atoms with Crippen molar-refractivity contribution >= 4 is 45.5 Å². The number of nitrogens with zero attached hydrogens (tertiary/aromatic N) is 6. The number of nitrogen functional groups attached to an aromatic ring is 2. The molecule has 0 atom stereocenters. The monoisotopic (exact) mass is 564 g/mol. The van der Waals surface area contributed by atoms with Crippen LogP contribution in [0.25, 0.3) is 0 Å². The molecule has 2 heterocycles. The molecule has 0 saturated heterocycles. The number of allylic oxidation sites excluding steroid dienone is 4. The summed E-state index contributed by atoms with van der Waals surface area (Å²) in [6.07, 6.45) is 22.3. The first-order valence-corrected chi connectivity index (χ1v) is 14.2. The summed E-state index contributed by atoms with van der Waals surface area (Å²) in [5.74, 6) is 0. The maximum Gasteiger partial charge on any atom is 0.243 e. The van der Waals surface area contributed by atoms with E-state index in [1.165, 1.54) is 0 Å². The molecule has 0 radical (unpaired) electrons. The Bertz CT molecular complexity index is 1600. The Labute approximate surface area is 247 Å². The van der Waals surface area contributed by atoms with Gasteiger partial charge in [0.1, 0.15) is 24.8 Å². The van der Waals surface area contributed by atoms with Crippen molar-refractivity contribution in [2.24, 2.45) is 24.1 Å². The highest BCUT2D eigenvalue weighted by atomic mass is 15.1. The summed E-state index contributed by atoms with van der Waals surface area (Å²) in [5, 5.41) is 6.88. The van der Waals surface area contributed by atoms with Crippen molar-refractivity contribution in [2.45, 2.75) is 25.9 Å². The third-order valence-electron chi connectivity index (χ3n) is 6.90. The lowest BCUT2D eigenvalue weighted by molar-refractivity contribution is -0.671. The number of benzene rings is 2. The molecule has 0 spiro atoms. The van der Waals surface area contributed by atoms with E-state index in [9.17, 15) is 0 Å². The molecule has 2 aromatic heterocycles. The topological polar surface area (TPSA) is 118 Å². The first-order valence-electron chi connectivity index (χ1n) is 14.2. The molecule has 4 aromatic rings. The number of hydrogen-bond donors (Lipinski definition) is 4. The van der Waals surface area contributed by atoms with Gasteiger partial charge in [-0.2, -0.15) is 0 Å². The molecule has 0 amide bonds. The number of aryl methyl sites for hydroxylation is 4. The van der Waals surface area contributed by atoms with Crippen LogP contribution in [-0.2, 0) is 27.2 Å². The van der Waals surface area contributed by atoms with Crippen LogP contribution in [-0.4, -0.2) is 33.6 Å². The number of nitrogens with one attached hydrogen (secondary N) is 2. The van der Waals surface area contributed by atoms with Gasteiger partial charge in [0.25, 0.3) is 0 Å². The highest BCUT2D eigenvalue weighted by molar-refractivity contribution is 6.19. The van der Waals surface area contributed by atoms with Crippen molar-refractivity contribution in [2.75, 3.05) is 35.2 Å². The SMILES string of the molecule is C[n+]1ccn(CCCN=C2C=CC(=Nc3cc(Nc4ccc(NCCCn5cc[n+](C)c5)cc4)c(N)cc3N)C=C2)c1. The second kappa shape index (κ2) is 13.5. The van der Waals surface area contributed by atoms with Gasteiger partial charge >= 0.3 is 0 Å². The molecular formula is C32H40N10+2. The van der Waals surface area contributed by atoms with E-state index in [0.717, 1.165) is 67.5 Å². The van der Waals surface area contributed by atoms with Crippen LogP contribution >= 0.6 is 0 Å². The lowest BCUT2D eigenvalue weighted by Gasteiger charge is -2.13. The Morgan fingerprint density at radius 3 is 2.02 bits per heavy atom. The normalized spacial score (nSPS) is 12.5. The first kappa shape index (κ1) is 28.4. The minimum absolute atomic E-state index is 0.526. The van der Waals surface area contributed by atoms with Crippen LogP contribution < -0.4 is 31.2 Å². The van der Waals surface area contributed by atoms with Crippen LogP contribution in [0, 0.1) is 0 Å². The van der Waals surface area contributed by atoms with E-state index in [-0.39, 0.29) is 0 Å². The zero-order chi connectivity index (χ0) is 29.3. The fourth-order valence-corrected chi connectivity index (χ4v) is 4.65. The van der Waals surface area contributed by atoms with Crippen LogP contribution in [0.15, 0.2) is 108 Å². The molecule has 2 aromatic carbocycles. The molecule has 0 unspecified atom stereocenters. The molecule has 0 bridgehead atoms. The summed E-state index contributed by atoms with van der Waals surface area (Å²) in [7, 11) is 4.05. The Hall–Kier alpha value is -5.12. The zero-order valence-corrected chi connectivity index (χ0v) is 24.3. The summed E-state index contributed by atoms with van der Waals surface area (Å²) >= 11 is 0. The molecule has 42 heavy (non-hydrogen) atoms. The van der Waals surface area contributed by atoms with E-state index >= 15 is 0 Å². The molecule has 216 valence electrons. The number of imidazole rings is 2. The van der Waals surface area contributed by atoms with Gasteiger partial charge in [-0.3, -0.25) is 4.99 Å². The average Bonchev–Trinajstić information content (AvgIpc) is 3.60. The van der Waals surface area contributed by atoms with Crippen molar-refractivity contribution in [1.29, 1.82) is 0 Å². The van der Waals surface area contributed by atoms with Gasteiger partial charge in [0, 0.05) is 37.3 Å². The Kier molecular flexibility index (Phi) is 9.13. The highest BCUT2D eigenvalue weighted by Crippen LogP contribution is 2.34. The van der Waals surface area contributed by atoms with Crippen LogP contribution in [0.5, 0.6) is 0 Å². The lowest BCUT2D eigenvalue weighted by Crippen LogP contribution is -2.23. The van der Waals surface area contributed by atoms with Gasteiger partial charge in [-0.15, -0.1) is 0 Å². The fraction of sp³-hybridized carbons (Fsp3) is 0.250. The van der Waals surface area contributed by atoms with Gasteiger partial charge in [0.05, 0.1) is 61.4 Å². The number of hydrogen-bond acceptors (Lipinski definition) is 6. The van der Waals surface area contributed by atoms with Crippen molar-refractivity contribution in [3.63, 3.8) is 0 Å². The first-order chi connectivity index (χ1) is 20.4. The van der Waals surface area contributed by atoms with E-state index in [4.69, 9.17) is 16.5 Å². The summed E-state index contributed by atoms with van der Waals surface area (Å²) in [4.78, 5) is 9.45. The Morgan fingerprint density at radius 1 is 0.762 bits per heavy atom. The Morgan fingerprint density at radius 2 is 1.38 bits per heavy atom. The predicted octanol–water partition coefficient (Wildman–Crippen LogP) is 4.08. The van der Waals surface area contributed by atoms with E-state index in [1.807, 2.05) is 78.1 Å². The van der Waals surface area contributed by atoms with Crippen molar-refractivity contribution < 1.29 is 9.13 Å². The maximum absolute atomic E-state index is 6.29. The molecule has 0 aliphatic heterocycles. The number of anilines is 5. The minimum atomic E-state index is 0.526. The molecule has 1 aliphatic rings. The van der Waals surface area contributed by atoms with E-state index < -0.39 is 0 Å². The van der Waals surface area contributed by atoms with Gasteiger partial charge in [0.15, 0.2) is 0 Å². The van der Waals surface area contributed by atoms with Gasteiger partial charge < -0.3 is 22.1 Å². The van der Waals surface area contributed by atoms with E-state index in [2.05, 4.69) is 61.9 Å². The molecule has 0 saturated carbocycles. The van der Waals surface area contributed by atoms with E-state index in [1.54, 1.807) is 6.07 Å². The molecule has 1 aliphatic carbocycles. The predicted molar refractivity (Wildman–Crippen MR) is 172 cm³/mol. The van der Waals surface area contributed by atoms with E-state index in [0.29, 0.717) is 17.1 Å². The minimum Gasteiger partial charge on any atom is -0.397 e. The quantitative estimate of drug-likeness (QED) is 0.0898. The van der Waals surface area contributed by atoms with Crippen molar-refractivity contribution in [3.8, 4) is 0 Å². The second-order valence-electron chi connectivity index (χ2n) is 10.5. The Balaban J connectivity index is 1.14. The summed E-state index contributed by atoms with van der Waals surface area (Å²) in [6.45, 7) is 3.58. The van der Waals surface area contributed by atoms with Crippen LogP contribution in [0.1, 0.15) is 12.8 Å². The van der Waals surface area contributed by atoms with Crippen LogP contribution in [0.3, 0.4) is 0 Å². The molecule has 6 N–H and O–H groups in total. The zero-order valence-electron chi connectivity index (χ0n) is 24.3. The van der Waals surface area contributed by atoms with Crippen molar-refractivity contribution in [1.82, 2.24) is 9.13 Å². The number of aliphatic imine (C=N–C) groups is 2.